The maximum Gasteiger partial charge on any atom is 0.275 e. The van der Waals surface area contributed by atoms with Crippen LogP contribution in [0.3, 0.4) is 0 Å². The Bertz CT molecular complexity index is 1220. The second-order valence-corrected chi connectivity index (χ2v) is 11.9. The van der Waals surface area contributed by atoms with Crippen molar-refractivity contribution < 1.29 is 62.0 Å². The van der Waals surface area contributed by atoms with E-state index in [1.54, 1.807) is 0 Å². The van der Waals surface area contributed by atoms with Crippen molar-refractivity contribution in [3.63, 3.8) is 0 Å². The number of allylic oxidation sites excluding steroid dienone is 2. The molecule has 0 aliphatic carbocycles. The summed E-state index contributed by atoms with van der Waals surface area (Å²) in [5.41, 5.74) is 4.22. The quantitative estimate of drug-likeness (QED) is 0.129. The van der Waals surface area contributed by atoms with E-state index < -0.39 is 0 Å². The zero-order valence-electron chi connectivity index (χ0n) is 27.4. The van der Waals surface area contributed by atoms with Crippen molar-refractivity contribution in [1.29, 1.82) is 0 Å². The second-order valence-electron chi connectivity index (χ2n) is 11.9. The summed E-state index contributed by atoms with van der Waals surface area (Å²) in [6.07, 6.45) is 5.19. The third kappa shape index (κ3) is 14.4. The molecular formula is C34H52Br2N4O4. The summed E-state index contributed by atoms with van der Waals surface area (Å²) < 4.78 is 13.6. The van der Waals surface area contributed by atoms with Gasteiger partial charge in [-0.05, 0) is 67.6 Å². The lowest BCUT2D eigenvalue weighted by molar-refractivity contribution is -0.882. The van der Waals surface area contributed by atoms with Crippen molar-refractivity contribution >= 4 is 11.8 Å². The fourth-order valence-corrected chi connectivity index (χ4v) is 4.67. The predicted molar refractivity (Wildman–Crippen MR) is 172 cm³/mol. The molecule has 0 heterocycles. The number of ether oxygens (including phenoxy) is 2. The SMILES string of the molecule is C=CCc1ccc(OCC[N+](C)(C)CC(=O)NCC)c(-c2ccc(OCC[N+](C)(C)CC(=O)NCC)c(CC=C)c2)c1.[Br-].[Br-]. The summed E-state index contributed by atoms with van der Waals surface area (Å²) in [7, 11) is 8.13. The molecule has 2 rings (SSSR count). The summed E-state index contributed by atoms with van der Waals surface area (Å²) in [6.45, 7) is 16.1. The van der Waals surface area contributed by atoms with E-state index >= 15 is 0 Å². The predicted octanol–water partition coefficient (Wildman–Crippen LogP) is -2.00. The van der Waals surface area contributed by atoms with E-state index in [9.17, 15) is 9.59 Å². The number of nitrogens with zero attached hydrogens (tertiary/aromatic N) is 2. The van der Waals surface area contributed by atoms with E-state index in [4.69, 9.17) is 9.47 Å². The van der Waals surface area contributed by atoms with Crippen molar-refractivity contribution in [2.24, 2.45) is 0 Å². The molecule has 0 saturated heterocycles. The molecule has 0 saturated carbocycles. The van der Waals surface area contributed by atoms with Gasteiger partial charge in [-0.1, -0.05) is 24.3 Å². The summed E-state index contributed by atoms with van der Waals surface area (Å²) in [6, 6.07) is 12.4. The average molecular weight is 741 g/mol. The molecule has 246 valence electrons. The Balaban J connectivity index is 0.00000924. The molecule has 0 fully saturated rings. The summed E-state index contributed by atoms with van der Waals surface area (Å²) in [5, 5.41) is 5.74. The number of rotatable bonds is 19. The van der Waals surface area contributed by atoms with Gasteiger partial charge in [0.2, 0.25) is 0 Å². The first kappa shape index (κ1) is 41.3. The molecule has 0 aromatic heterocycles. The molecule has 0 unspecified atom stereocenters. The second kappa shape index (κ2) is 20.4. The van der Waals surface area contributed by atoms with Crippen LogP contribution in [0, 0.1) is 0 Å². The van der Waals surface area contributed by atoms with Gasteiger partial charge in [0, 0.05) is 18.7 Å². The molecule has 2 N–H and O–H groups in total. The van der Waals surface area contributed by atoms with Crippen LogP contribution in [0.4, 0.5) is 0 Å². The van der Waals surface area contributed by atoms with E-state index in [2.05, 4.69) is 48.1 Å². The normalized spacial score (nSPS) is 11.0. The molecule has 2 aromatic rings. The molecule has 8 nitrogen and oxygen atoms in total. The van der Waals surface area contributed by atoms with E-state index in [-0.39, 0.29) is 45.8 Å². The van der Waals surface area contributed by atoms with E-state index in [0.29, 0.717) is 67.9 Å². The Morgan fingerprint density at radius 1 is 0.750 bits per heavy atom. The van der Waals surface area contributed by atoms with Gasteiger partial charge < -0.3 is 63.0 Å². The number of nitrogens with one attached hydrogen (secondary N) is 2. The Morgan fingerprint density at radius 3 is 1.75 bits per heavy atom. The zero-order chi connectivity index (χ0) is 31.2. The van der Waals surface area contributed by atoms with Crippen LogP contribution in [-0.4, -0.2) is 101 Å². The van der Waals surface area contributed by atoms with Gasteiger partial charge in [-0.25, -0.2) is 0 Å². The van der Waals surface area contributed by atoms with Crippen LogP contribution in [0.5, 0.6) is 11.5 Å². The third-order valence-corrected chi connectivity index (χ3v) is 6.96. The van der Waals surface area contributed by atoms with Crippen molar-refractivity contribution in [2.45, 2.75) is 26.7 Å². The molecule has 2 amide bonds. The smallest absolute Gasteiger partial charge is 0.275 e. The third-order valence-electron chi connectivity index (χ3n) is 6.96. The lowest BCUT2D eigenvalue weighted by Crippen LogP contribution is -3.00. The minimum absolute atomic E-state index is 0. The monoisotopic (exact) mass is 738 g/mol. The molecule has 0 aliphatic rings. The topological polar surface area (TPSA) is 76.7 Å². The molecular weight excluding hydrogens is 688 g/mol. The lowest BCUT2D eigenvalue weighted by atomic mass is 9.97. The van der Waals surface area contributed by atoms with Gasteiger partial charge in [0.15, 0.2) is 13.1 Å². The Morgan fingerprint density at radius 2 is 1.25 bits per heavy atom. The van der Waals surface area contributed by atoms with Gasteiger partial charge in [0.25, 0.3) is 11.8 Å². The molecule has 2 aromatic carbocycles. The number of carbonyl (C=O) groups excluding carboxylic acids is 2. The van der Waals surface area contributed by atoms with Crippen LogP contribution in [0.25, 0.3) is 11.1 Å². The number of amides is 2. The number of carbonyl (C=O) groups is 2. The van der Waals surface area contributed by atoms with Crippen molar-refractivity contribution in [1.82, 2.24) is 10.6 Å². The van der Waals surface area contributed by atoms with Crippen LogP contribution in [-0.2, 0) is 22.4 Å². The molecule has 0 radical (unpaired) electrons. The van der Waals surface area contributed by atoms with Gasteiger partial charge in [-0.15, -0.1) is 13.2 Å². The Labute approximate surface area is 286 Å². The lowest BCUT2D eigenvalue weighted by Gasteiger charge is -2.29. The highest BCUT2D eigenvalue weighted by atomic mass is 79.9. The molecule has 10 heteroatoms. The van der Waals surface area contributed by atoms with Crippen molar-refractivity contribution in [2.75, 3.05) is 80.7 Å². The Kier molecular flexibility index (Phi) is 19.2. The Hall–Kier alpha value is -2.66. The highest BCUT2D eigenvalue weighted by Crippen LogP contribution is 2.35. The van der Waals surface area contributed by atoms with Crippen LogP contribution in [0.15, 0.2) is 61.7 Å². The minimum Gasteiger partial charge on any atom is -1.00 e. The van der Waals surface area contributed by atoms with Gasteiger partial charge in [0.05, 0.1) is 28.2 Å². The first-order chi connectivity index (χ1) is 19.9. The van der Waals surface area contributed by atoms with Crippen LogP contribution >= 0.6 is 0 Å². The van der Waals surface area contributed by atoms with Crippen molar-refractivity contribution in [3.8, 4) is 22.6 Å². The molecule has 0 spiro atoms. The number of benzene rings is 2. The van der Waals surface area contributed by atoms with E-state index in [1.807, 2.05) is 66.3 Å². The highest BCUT2D eigenvalue weighted by molar-refractivity contribution is 5.77. The van der Waals surface area contributed by atoms with Gasteiger partial charge >= 0.3 is 0 Å². The fraction of sp³-hybridized carbons (Fsp3) is 0.471. The number of quaternary nitrogens is 2. The van der Waals surface area contributed by atoms with Crippen LogP contribution in [0.2, 0.25) is 0 Å². The molecule has 0 bridgehead atoms. The number of likely N-dealkylation sites (N-methyl/N-ethyl adjacent to an activating group) is 4. The summed E-state index contributed by atoms with van der Waals surface area (Å²) in [5.74, 6) is 1.69. The minimum atomic E-state index is 0. The van der Waals surface area contributed by atoms with Crippen molar-refractivity contribution in [3.05, 3.63) is 72.8 Å². The maximum absolute atomic E-state index is 12.1. The number of hydrogen-bond donors (Lipinski definition) is 2. The first-order valence-corrected chi connectivity index (χ1v) is 14.8. The van der Waals surface area contributed by atoms with E-state index in [0.717, 1.165) is 40.2 Å². The standard InChI is InChI=1S/C34H50N4O4.2BrH/c1-9-13-27-15-17-32(42-22-20-38(7,8)26-34(40)36-12-4)30(23-27)28-16-18-31(29(24-28)14-10-2)41-21-19-37(5,6)25-33(39)35-11-3;;/h9-10,15-18,23-24H,1-2,11-14,19-22,25-26H2,3-8H3;2*1H. The first-order valence-electron chi connectivity index (χ1n) is 14.8. The number of halogens is 2. The van der Waals surface area contributed by atoms with Gasteiger partial charge in [-0.3, -0.25) is 9.59 Å². The largest absolute Gasteiger partial charge is 1.00 e. The maximum atomic E-state index is 12.1. The van der Waals surface area contributed by atoms with Gasteiger partial charge in [0.1, 0.15) is 37.8 Å². The summed E-state index contributed by atoms with van der Waals surface area (Å²) in [4.78, 5) is 24.2. The van der Waals surface area contributed by atoms with Gasteiger partial charge in [-0.2, -0.15) is 0 Å². The summed E-state index contributed by atoms with van der Waals surface area (Å²) >= 11 is 0. The zero-order valence-corrected chi connectivity index (χ0v) is 30.6. The van der Waals surface area contributed by atoms with Crippen LogP contribution in [0.1, 0.15) is 25.0 Å². The average Bonchev–Trinajstić information content (AvgIpc) is 2.90. The highest BCUT2D eigenvalue weighted by Gasteiger charge is 2.21. The molecule has 44 heavy (non-hydrogen) atoms. The van der Waals surface area contributed by atoms with E-state index in [1.165, 1.54) is 0 Å². The van der Waals surface area contributed by atoms with Crippen LogP contribution < -0.4 is 54.1 Å². The fourth-order valence-electron chi connectivity index (χ4n) is 4.67. The molecule has 0 atom stereocenters. The molecule has 0 aliphatic heterocycles. The number of hydrogen-bond acceptors (Lipinski definition) is 4.